The van der Waals surface area contributed by atoms with E-state index >= 15 is 0 Å². The summed E-state index contributed by atoms with van der Waals surface area (Å²) in [4.78, 5) is 29.2. The van der Waals surface area contributed by atoms with E-state index in [-0.39, 0.29) is 23.5 Å². The van der Waals surface area contributed by atoms with E-state index in [1.165, 1.54) is 0 Å². The van der Waals surface area contributed by atoms with Crippen molar-refractivity contribution in [2.24, 2.45) is 0 Å². The van der Waals surface area contributed by atoms with Crippen molar-refractivity contribution in [1.82, 2.24) is 10.2 Å². The van der Waals surface area contributed by atoms with Gasteiger partial charge < -0.3 is 19.9 Å². The lowest BCUT2D eigenvalue weighted by molar-refractivity contribution is -0.121. The molecule has 2 amide bonds. The molecule has 3 aromatic carbocycles. The van der Waals surface area contributed by atoms with Crippen molar-refractivity contribution in [2.75, 3.05) is 43.0 Å². The number of benzene rings is 3. The van der Waals surface area contributed by atoms with Gasteiger partial charge in [-0.3, -0.25) is 14.9 Å². The molecule has 2 N–H and O–H groups in total. The van der Waals surface area contributed by atoms with Gasteiger partial charge in [0.25, 0.3) is 11.8 Å². The summed E-state index contributed by atoms with van der Waals surface area (Å²) in [6.45, 7) is 4.30. The maximum absolute atomic E-state index is 12.8. The van der Waals surface area contributed by atoms with Crippen molar-refractivity contribution in [3.05, 3.63) is 88.9 Å². The topological polar surface area (TPSA) is 73.9 Å². The maximum atomic E-state index is 12.8. The molecule has 1 saturated heterocycles. The van der Waals surface area contributed by atoms with Gasteiger partial charge in [-0.1, -0.05) is 41.9 Å². The summed E-state index contributed by atoms with van der Waals surface area (Å²) < 4.78 is 5.59. The third-order valence-corrected chi connectivity index (χ3v) is 6.31. The second-order valence-electron chi connectivity index (χ2n) is 8.36. The molecule has 4 rings (SSSR count). The summed E-state index contributed by atoms with van der Waals surface area (Å²) in [5, 5.41) is 6.59. The van der Waals surface area contributed by atoms with Gasteiger partial charge in [-0.05, 0) is 67.2 Å². The molecule has 36 heavy (non-hydrogen) atoms. The highest BCUT2D eigenvalue weighted by Crippen LogP contribution is 2.27. The summed E-state index contributed by atoms with van der Waals surface area (Å²) in [5.74, 6) is 0.308. The molecule has 1 fully saturated rings. The van der Waals surface area contributed by atoms with Crippen molar-refractivity contribution < 1.29 is 14.3 Å². The molecule has 7 nitrogen and oxygen atoms in total. The molecule has 0 unspecified atom stereocenters. The number of nitrogens with zero attached hydrogens (tertiary/aromatic N) is 2. The zero-order valence-corrected chi connectivity index (χ0v) is 21.4. The fraction of sp³-hybridized carbons (Fsp3) is 0.222. The summed E-state index contributed by atoms with van der Waals surface area (Å²) in [6.07, 6.45) is 0. The number of para-hydroxylation sites is 3. The lowest BCUT2D eigenvalue weighted by Gasteiger charge is -2.37. The van der Waals surface area contributed by atoms with Gasteiger partial charge in [0.05, 0.1) is 11.4 Å². The Labute approximate surface area is 221 Å². The number of thiocarbonyl (C=S) groups is 1. The van der Waals surface area contributed by atoms with Crippen LogP contribution in [0.5, 0.6) is 5.75 Å². The maximum Gasteiger partial charge on any atom is 0.264 e. The smallest absolute Gasteiger partial charge is 0.264 e. The molecule has 1 aliphatic heterocycles. The van der Waals surface area contributed by atoms with Crippen molar-refractivity contribution in [1.29, 1.82) is 0 Å². The Kier molecular flexibility index (Phi) is 8.40. The molecule has 186 valence electrons. The second kappa shape index (κ2) is 11.9. The fourth-order valence-corrected chi connectivity index (χ4v) is 4.31. The van der Waals surface area contributed by atoms with E-state index in [0.29, 0.717) is 42.5 Å². The molecule has 1 heterocycles. The highest BCUT2D eigenvalue weighted by Gasteiger charge is 2.23. The highest BCUT2D eigenvalue weighted by atomic mass is 35.5. The Hall–Kier alpha value is -3.62. The minimum atomic E-state index is -0.345. The van der Waals surface area contributed by atoms with Gasteiger partial charge in [0.2, 0.25) is 0 Å². The van der Waals surface area contributed by atoms with Gasteiger partial charge in [0.15, 0.2) is 11.7 Å². The van der Waals surface area contributed by atoms with E-state index < -0.39 is 0 Å². The second-order valence-corrected chi connectivity index (χ2v) is 9.20. The number of amides is 2. The predicted molar refractivity (Wildman–Crippen MR) is 147 cm³/mol. The van der Waals surface area contributed by atoms with Gasteiger partial charge in [-0.15, -0.1) is 0 Å². The number of halogens is 1. The number of rotatable bonds is 6. The van der Waals surface area contributed by atoms with E-state index in [1.54, 1.807) is 24.3 Å². The quantitative estimate of drug-likeness (QED) is 0.464. The van der Waals surface area contributed by atoms with Gasteiger partial charge in [0, 0.05) is 36.8 Å². The number of ether oxygens (including phenoxy) is 1. The number of nitrogens with one attached hydrogen (secondary N) is 2. The van der Waals surface area contributed by atoms with E-state index in [9.17, 15) is 9.59 Å². The van der Waals surface area contributed by atoms with Crippen LogP contribution in [-0.4, -0.2) is 54.6 Å². The Bertz CT molecular complexity index is 1240. The van der Waals surface area contributed by atoms with Gasteiger partial charge in [-0.2, -0.15) is 0 Å². The molecule has 0 atom stereocenters. The molecule has 3 aromatic rings. The van der Waals surface area contributed by atoms with Crippen LogP contribution in [-0.2, 0) is 4.79 Å². The first-order valence-corrected chi connectivity index (χ1v) is 12.4. The van der Waals surface area contributed by atoms with Crippen LogP contribution < -0.4 is 20.3 Å². The summed E-state index contributed by atoms with van der Waals surface area (Å²) in [7, 11) is 0. The lowest BCUT2D eigenvalue weighted by Crippen LogP contribution is -2.49. The average Bonchev–Trinajstić information content (AvgIpc) is 2.89. The number of anilines is 2. The number of hydrogen-bond donors (Lipinski definition) is 2. The number of piperazine rings is 1. The normalized spacial score (nSPS) is 13.2. The zero-order chi connectivity index (χ0) is 25.5. The summed E-state index contributed by atoms with van der Waals surface area (Å²) >= 11 is 11.3. The van der Waals surface area contributed by atoms with Crippen molar-refractivity contribution >= 4 is 52.1 Å². The number of aryl methyl sites for hydroxylation is 1. The van der Waals surface area contributed by atoms with Crippen LogP contribution in [0.3, 0.4) is 0 Å². The number of hydrogen-bond acceptors (Lipinski definition) is 5. The monoisotopic (exact) mass is 522 g/mol. The third kappa shape index (κ3) is 6.53. The molecule has 0 aromatic heterocycles. The summed E-state index contributed by atoms with van der Waals surface area (Å²) in [6, 6.07) is 22.2. The predicted octanol–water partition coefficient (Wildman–Crippen LogP) is 4.50. The van der Waals surface area contributed by atoms with Crippen LogP contribution in [0.1, 0.15) is 15.9 Å². The largest absolute Gasteiger partial charge is 0.483 e. The van der Waals surface area contributed by atoms with Crippen LogP contribution in [0.15, 0.2) is 72.8 Å². The van der Waals surface area contributed by atoms with E-state index in [1.807, 2.05) is 60.4 Å². The van der Waals surface area contributed by atoms with Gasteiger partial charge in [0.1, 0.15) is 5.75 Å². The van der Waals surface area contributed by atoms with E-state index in [0.717, 1.165) is 16.9 Å². The van der Waals surface area contributed by atoms with Crippen LogP contribution in [0.2, 0.25) is 5.02 Å². The average molecular weight is 523 g/mol. The van der Waals surface area contributed by atoms with Crippen LogP contribution in [0.25, 0.3) is 0 Å². The van der Waals surface area contributed by atoms with Crippen LogP contribution >= 0.6 is 23.8 Å². The Balaban J connectivity index is 1.31. The first-order chi connectivity index (χ1) is 17.4. The molecule has 9 heteroatoms. The minimum Gasteiger partial charge on any atom is -0.483 e. The Morgan fingerprint density at radius 3 is 2.33 bits per heavy atom. The Morgan fingerprint density at radius 1 is 0.944 bits per heavy atom. The number of carbonyl (C=O) groups is 2. The first kappa shape index (κ1) is 25.5. The van der Waals surface area contributed by atoms with Crippen LogP contribution in [0, 0.1) is 6.92 Å². The molecule has 0 radical (unpaired) electrons. The first-order valence-electron chi connectivity index (χ1n) is 11.6. The standard InChI is InChI=1S/C27H27ClN4O3S/c1-19-6-2-5-9-24(19)35-18-25(33)30-27(36)29-22-7-3-4-8-23(22)31-14-16-32(17-15-31)26(34)20-10-12-21(28)13-11-20/h2-13H,14-18H2,1H3,(H2,29,30,33,36). The van der Waals surface area contributed by atoms with Gasteiger partial charge in [-0.25, -0.2) is 0 Å². The van der Waals surface area contributed by atoms with E-state index in [4.69, 9.17) is 28.6 Å². The molecule has 0 spiro atoms. The van der Waals surface area contributed by atoms with Crippen LogP contribution in [0.4, 0.5) is 11.4 Å². The molecule has 1 aliphatic rings. The third-order valence-electron chi connectivity index (χ3n) is 5.86. The Morgan fingerprint density at radius 2 is 1.61 bits per heavy atom. The lowest BCUT2D eigenvalue weighted by atomic mass is 10.1. The number of carbonyl (C=O) groups excluding carboxylic acids is 2. The summed E-state index contributed by atoms with van der Waals surface area (Å²) in [5.41, 5.74) is 3.31. The molecule has 0 bridgehead atoms. The molecular weight excluding hydrogens is 496 g/mol. The van der Waals surface area contributed by atoms with E-state index in [2.05, 4.69) is 15.5 Å². The molecular formula is C27H27ClN4O3S. The fourth-order valence-electron chi connectivity index (χ4n) is 3.96. The van der Waals surface area contributed by atoms with Gasteiger partial charge >= 0.3 is 0 Å². The van der Waals surface area contributed by atoms with Crippen molar-refractivity contribution in [3.63, 3.8) is 0 Å². The zero-order valence-electron chi connectivity index (χ0n) is 19.9. The molecule has 0 aliphatic carbocycles. The SMILES string of the molecule is Cc1ccccc1OCC(=O)NC(=S)Nc1ccccc1N1CCN(C(=O)c2ccc(Cl)cc2)CC1. The molecule has 0 saturated carbocycles. The minimum absolute atomic E-state index is 0.00506. The highest BCUT2D eigenvalue weighted by molar-refractivity contribution is 7.80. The van der Waals surface area contributed by atoms with Crippen molar-refractivity contribution in [2.45, 2.75) is 6.92 Å². The van der Waals surface area contributed by atoms with Crippen molar-refractivity contribution in [3.8, 4) is 5.75 Å².